The van der Waals surface area contributed by atoms with Gasteiger partial charge in [-0.2, -0.15) is 0 Å². The van der Waals surface area contributed by atoms with Crippen LogP contribution < -0.4 is 5.32 Å². The van der Waals surface area contributed by atoms with Crippen LogP contribution in [0.1, 0.15) is 6.92 Å². The number of carbonyl (C=O) groups is 1. The molecule has 1 aromatic carbocycles. The number of fused-ring (bicyclic) bond motifs is 1. The van der Waals surface area contributed by atoms with Gasteiger partial charge in [-0.3, -0.25) is 9.78 Å². The van der Waals surface area contributed by atoms with Gasteiger partial charge in [0, 0.05) is 22.3 Å². The second kappa shape index (κ2) is 5.69. The standard InChI is InChI=1S/C13H13ClN2O2/c1-2-18-13(17)8-16-11-5-6-15-12-7-9(14)3-4-10(11)12/h3-7H,2,8H2,1H3,(H,15,16). The molecule has 0 saturated heterocycles. The highest BCUT2D eigenvalue weighted by Gasteiger charge is 2.05. The summed E-state index contributed by atoms with van der Waals surface area (Å²) in [6, 6.07) is 7.27. The van der Waals surface area contributed by atoms with Crippen molar-refractivity contribution >= 4 is 34.2 Å². The minimum atomic E-state index is -0.281. The van der Waals surface area contributed by atoms with E-state index >= 15 is 0 Å². The summed E-state index contributed by atoms with van der Waals surface area (Å²) >= 11 is 5.91. The average Bonchev–Trinajstić information content (AvgIpc) is 2.36. The van der Waals surface area contributed by atoms with Crippen LogP contribution in [0, 0.1) is 0 Å². The monoisotopic (exact) mass is 264 g/mol. The second-order valence-corrected chi connectivity index (χ2v) is 4.11. The molecule has 2 rings (SSSR count). The van der Waals surface area contributed by atoms with Gasteiger partial charge >= 0.3 is 5.97 Å². The van der Waals surface area contributed by atoms with Crippen LogP contribution in [0.3, 0.4) is 0 Å². The number of esters is 1. The van der Waals surface area contributed by atoms with Crippen molar-refractivity contribution < 1.29 is 9.53 Å². The molecule has 0 radical (unpaired) electrons. The van der Waals surface area contributed by atoms with Gasteiger partial charge in [0.2, 0.25) is 0 Å². The molecule has 0 aliphatic heterocycles. The predicted octanol–water partition coefficient (Wildman–Crippen LogP) is 2.86. The number of aromatic nitrogens is 1. The third-order valence-electron chi connectivity index (χ3n) is 2.43. The fraction of sp³-hybridized carbons (Fsp3) is 0.231. The van der Waals surface area contributed by atoms with Gasteiger partial charge in [-0.15, -0.1) is 0 Å². The summed E-state index contributed by atoms with van der Waals surface area (Å²) in [5, 5.41) is 4.59. The molecule has 0 saturated carbocycles. The highest BCUT2D eigenvalue weighted by Crippen LogP contribution is 2.24. The molecule has 1 heterocycles. The lowest BCUT2D eigenvalue weighted by molar-refractivity contribution is -0.140. The van der Waals surface area contributed by atoms with Crippen molar-refractivity contribution in [1.29, 1.82) is 0 Å². The van der Waals surface area contributed by atoms with Crippen molar-refractivity contribution in [3.63, 3.8) is 0 Å². The predicted molar refractivity (Wildman–Crippen MR) is 71.9 cm³/mol. The number of pyridine rings is 1. The minimum absolute atomic E-state index is 0.135. The Balaban J connectivity index is 2.20. The first-order chi connectivity index (χ1) is 8.70. The molecule has 1 N–H and O–H groups in total. The van der Waals surface area contributed by atoms with E-state index in [9.17, 15) is 4.79 Å². The number of nitrogens with one attached hydrogen (secondary N) is 1. The maximum Gasteiger partial charge on any atom is 0.325 e. The molecule has 0 atom stereocenters. The maximum atomic E-state index is 11.3. The third-order valence-corrected chi connectivity index (χ3v) is 2.67. The Morgan fingerprint density at radius 3 is 3.06 bits per heavy atom. The van der Waals surface area contributed by atoms with Crippen molar-refractivity contribution in [2.24, 2.45) is 0 Å². The molecule has 0 aliphatic rings. The van der Waals surface area contributed by atoms with Gasteiger partial charge in [-0.05, 0) is 31.2 Å². The van der Waals surface area contributed by atoms with Crippen molar-refractivity contribution in [3.8, 4) is 0 Å². The van der Waals surface area contributed by atoms with Crippen LogP contribution in [0.4, 0.5) is 5.69 Å². The van der Waals surface area contributed by atoms with Crippen LogP contribution >= 0.6 is 11.6 Å². The lowest BCUT2D eigenvalue weighted by Crippen LogP contribution is -2.16. The van der Waals surface area contributed by atoms with Crippen molar-refractivity contribution in [1.82, 2.24) is 4.98 Å². The Morgan fingerprint density at radius 1 is 1.44 bits per heavy atom. The number of carbonyl (C=O) groups excluding carboxylic acids is 1. The van der Waals surface area contributed by atoms with Gasteiger partial charge in [-0.25, -0.2) is 0 Å². The summed E-state index contributed by atoms with van der Waals surface area (Å²) in [6.45, 7) is 2.30. The normalized spacial score (nSPS) is 10.3. The number of ether oxygens (including phenoxy) is 1. The van der Waals surface area contributed by atoms with Gasteiger partial charge in [0.25, 0.3) is 0 Å². The first kappa shape index (κ1) is 12.6. The summed E-state index contributed by atoms with van der Waals surface area (Å²) in [4.78, 5) is 15.5. The van der Waals surface area contributed by atoms with Gasteiger partial charge in [0.15, 0.2) is 0 Å². The van der Waals surface area contributed by atoms with Crippen molar-refractivity contribution in [3.05, 3.63) is 35.5 Å². The first-order valence-electron chi connectivity index (χ1n) is 5.64. The van der Waals surface area contributed by atoms with Gasteiger partial charge < -0.3 is 10.1 Å². The average molecular weight is 265 g/mol. The molecule has 0 unspecified atom stereocenters. The van der Waals surface area contributed by atoms with E-state index in [4.69, 9.17) is 16.3 Å². The molecule has 18 heavy (non-hydrogen) atoms. The molecule has 0 bridgehead atoms. The van der Waals surface area contributed by atoms with Crippen LogP contribution in [0.25, 0.3) is 10.9 Å². The van der Waals surface area contributed by atoms with Crippen molar-refractivity contribution in [2.75, 3.05) is 18.5 Å². The Morgan fingerprint density at radius 2 is 2.28 bits per heavy atom. The second-order valence-electron chi connectivity index (χ2n) is 3.68. The largest absolute Gasteiger partial charge is 0.465 e. The summed E-state index contributed by atoms with van der Waals surface area (Å²) < 4.78 is 4.86. The molecular weight excluding hydrogens is 252 g/mol. The summed E-state index contributed by atoms with van der Waals surface area (Å²) in [6.07, 6.45) is 1.67. The number of benzene rings is 1. The number of hydrogen-bond acceptors (Lipinski definition) is 4. The SMILES string of the molecule is CCOC(=O)CNc1ccnc2cc(Cl)ccc12. The van der Waals surface area contributed by atoms with Gasteiger partial charge in [0.1, 0.15) is 6.54 Å². The number of halogens is 1. The maximum absolute atomic E-state index is 11.3. The van der Waals surface area contributed by atoms with Crippen LogP contribution in [0.5, 0.6) is 0 Å². The van der Waals surface area contributed by atoms with Crippen LogP contribution in [0.2, 0.25) is 5.02 Å². The smallest absolute Gasteiger partial charge is 0.325 e. The Hall–Kier alpha value is -1.81. The lowest BCUT2D eigenvalue weighted by Gasteiger charge is -2.08. The number of hydrogen-bond donors (Lipinski definition) is 1. The van der Waals surface area contributed by atoms with Crippen LogP contribution in [-0.4, -0.2) is 24.1 Å². The number of nitrogens with zero attached hydrogens (tertiary/aromatic N) is 1. The van der Waals surface area contributed by atoms with Crippen molar-refractivity contribution in [2.45, 2.75) is 6.92 Å². The third kappa shape index (κ3) is 2.90. The zero-order chi connectivity index (χ0) is 13.0. The molecule has 5 heteroatoms. The lowest BCUT2D eigenvalue weighted by atomic mass is 10.2. The summed E-state index contributed by atoms with van der Waals surface area (Å²) in [7, 11) is 0. The summed E-state index contributed by atoms with van der Waals surface area (Å²) in [5.41, 5.74) is 1.63. The molecule has 94 valence electrons. The van der Waals surface area contributed by atoms with Crippen LogP contribution in [0.15, 0.2) is 30.5 Å². The molecule has 0 amide bonds. The highest BCUT2D eigenvalue weighted by molar-refractivity contribution is 6.31. The molecule has 4 nitrogen and oxygen atoms in total. The zero-order valence-electron chi connectivity index (χ0n) is 9.94. The Labute approximate surface area is 110 Å². The zero-order valence-corrected chi connectivity index (χ0v) is 10.7. The van der Waals surface area contributed by atoms with E-state index in [1.165, 1.54) is 0 Å². The number of rotatable bonds is 4. The van der Waals surface area contributed by atoms with Gasteiger partial charge in [0.05, 0.1) is 12.1 Å². The van der Waals surface area contributed by atoms with E-state index < -0.39 is 0 Å². The molecule has 0 aliphatic carbocycles. The number of anilines is 1. The Kier molecular flexibility index (Phi) is 3.99. The topological polar surface area (TPSA) is 51.2 Å². The van der Waals surface area contributed by atoms with Gasteiger partial charge in [-0.1, -0.05) is 11.6 Å². The quantitative estimate of drug-likeness (QED) is 0.863. The molecule has 1 aromatic heterocycles. The summed E-state index contributed by atoms with van der Waals surface area (Å²) in [5.74, 6) is -0.281. The molecule has 0 fully saturated rings. The molecular formula is C13H13ClN2O2. The van der Waals surface area contributed by atoms with Crippen LogP contribution in [-0.2, 0) is 9.53 Å². The molecule has 2 aromatic rings. The van der Waals surface area contributed by atoms with E-state index in [1.807, 2.05) is 12.1 Å². The Bertz CT molecular complexity index is 572. The van der Waals surface area contributed by atoms with E-state index in [0.717, 1.165) is 16.6 Å². The molecule has 0 spiro atoms. The van der Waals surface area contributed by atoms with E-state index in [2.05, 4.69) is 10.3 Å². The minimum Gasteiger partial charge on any atom is -0.465 e. The van der Waals surface area contributed by atoms with E-state index in [1.54, 1.807) is 25.3 Å². The highest BCUT2D eigenvalue weighted by atomic mass is 35.5. The first-order valence-corrected chi connectivity index (χ1v) is 6.02. The van der Waals surface area contributed by atoms with E-state index in [-0.39, 0.29) is 12.5 Å². The van der Waals surface area contributed by atoms with E-state index in [0.29, 0.717) is 11.6 Å². The fourth-order valence-corrected chi connectivity index (χ4v) is 1.82. The fourth-order valence-electron chi connectivity index (χ4n) is 1.65.